The topological polar surface area (TPSA) is 139 Å². The number of aryl methyl sites for hydroxylation is 2. The van der Waals surface area contributed by atoms with Crippen molar-refractivity contribution in [2.75, 3.05) is 10.6 Å². The zero-order valence-corrected chi connectivity index (χ0v) is 57.6. The van der Waals surface area contributed by atoms with Gasteiger partial charge in [-0.25, -0.2) is 0 Å². The van der Waals surface area contributed by atoms with Crippen molar-refractivity contribution in [3.8, 4) is 130 Å². The smallest absolute Gasteiger partial charge is 0.255 e. The van der Waals surface area contributed by atoms with Crippen molar-refractivity contribution in [3.05, 3.63) is 209 Å². The predicted molar refractivity (Wildman–Crippen MR) is 395 cm³/mol. The van der Waals surface area contributed by atoms with E-state index < -0.39 is 17.2 Å². The Balaban J connectivity index is 1.14. The minimum absolute atomic E-state index is 0.0128. The number of terminal acetylenes is 6. The van der Waals surface area contributed by atoms with E-state index in [4.69, 9.17) is 38.5 Å². The Morgan fingerprint density at radius 1 is 0.414 bits per heavy atom. The van der Waals surface area contributed by atoms with Crippen LogP contribution in [-0.2, 0) is 16.2 Å². The second-order valence-electron chi connectivity index (χ2n) is 32.3. The fraction of sp³-hybridized carbons (Fsp3) is 0.319. The van der Waals surface area contributed by atoms with Crippen molar-refractivity contribution in [1.29, 1.82) is 0 Å². The average Bonchev–Trinajstić information content (AvgIpc) is 1.59. The SMILES string of the molecule is C#Cc1cccc(C(=O)Nc2c(C#C)c(O)c(C)c(C#C)c2-c2cc(O)c(C)cc2C2(c3cc(C)c(O)cc3-c3c(C#C)c(C)c(O)c(C#C)c3NC(=O)c3cccc(C#C)c3)c3cc(C45CC6CC(C)(CC(C)(C6)C4)C5)ccc3-c3ccc(C45CC6CC(C)(CC(C)(C6)C4)C5)cc32)c1. The molecule has 4 unspecified atom stereocenters. The fourth-order valence-electron chi connectivity index (χ4n) is 22.7. The summed E-state index contributed by atoms with van der Waals surface area (Å²) in [5.41, 5.74) is 9.97. The van der Waals surface area contributed by atoms with Gasteiger partial charge in [0, 0.05) is 55.6 Å². The maximum absolute atomic E-state index is 15.2. The van der Waals surface area contributed by atoms with Gasteiger partial charge in [0.2, 0.25) is 0 Å². The summed E-state index contributed by atoms with van der Waals surface area (Å²) in [6.45, 7) is 17.1. The quantitative estimate of drug-likeness (QED) is 0.0754. The molecule has 2 amide bonds. The van der Waals surface area contributed by atoms with Crippen molar-refractivity contribution in [1.82, 2.24) is 0 Å². The first-order valence-electron chi connectivity index (χ1n) is 34.5. The van der Waals surface area contributed by atoms with Crippen molar-refractivity contribution >= 4 is 23.2 Å². The van der Waals surface area contributed by atoms with Crippen LogP contribution in [0.4, 0.5) is 11.4 Å². The number of rotatable bonds is 10. The lowest BCUT2D eigenvalue weighted by atomic mass is 9.39. The number of anilines is 2. The van der Waals surface area contributed by atoms with E-state index in [0.717, 1.165) is 73.6 Å². The Morgan fingerprint density at radius 3 is 1.10 bits per heavy atom. The molecule has 8 nitrogen and oxygen atoms in total. The highest BCUT2D eigenvalue weighted by molar-refractivity contribution is 6.11. The molecule has 8 aromatic carbocycles. The van der Waals surface area contributed by atoms with Crippen molar-refractivity contribution in [2.45, 2.75) is 149 Å². The minimum Gasteiger partial charge on any atom is -0.508 e. The van der Waals surface area contributed by atoms with Gasteiger partial charge in [0.1, 0.15) is 23.0 Å². The Bertz CT molecular complexity index is 4900. The molecule has 99 heavy (non-hydrogen) atoms. The van der Waals surface area contributed by atoms with Gasteiger partial charge in [0.15, 0.2) is 0 Å². The molecule has 17 rings (SSSR count). The van der Waals surface area contributed by atoms with E-state index in [1.165, 1.54) is 36.8 Å². The molecule has 8 fully saturated rings. The van der Waals surface area contributed by atoms with E-state index in [1.807, 2.05) is 26.0 Å². The van der Waals surface area contributed by atoms with Gasteiger partial charge >= 0.3 is 0 Å². The van der Waals surface area contributed by atoms with Gasteiger partial charge in [0.05, 0.1) is 27.9 Å². The van der Waals surface area contributed by atoms with Crippen LogP contribution in [0.3, 0.4) is 0 Å². The molecule has 490 valence electrons. The molecule has 9 aliphatic carbocycles. The summed E-state index contributed by atoms with van der Waals surface area (Å²) in [4.78, 5) is 30.4. The Morgan fingerprint density at radius 2 is 0.768 bits per heavy atom. The summed E-state index contributed by atoms with van der Waals surface area (Å²) in [5.74, 6) is 15.7. The number of nitrogens with one attached hydrogen (secondary N) is 2. The zero-order valence-electron chi connectivity index (χ0n) is 57.6. The molecule has 0 spiro atoms. The maximum atomic E-state index is 15.2. The second kappa shape index (κ2) is 22.1. The Labute approximate surface area is 582 Å². The monoisotopic (exact) mass is 1300 g/mol. The lowest BCUT2D eigenvalue weighted by molar-refractivity contribution is -0.110. The summed E-state index contributed by atoms with van der Waals surface area (Å²) in [7, 11) is 0. The normalized spacial score (nSPS) is 25.8. The predicted octanol–water partition coefficient (Wildman–Crippen LogP) is 18.3. The minimum atomic E-state index is -1.60. The molecule has 8 saturated carbocycles. The van der Waals surface area contributed by atoms with E-state index >= 15 is 9.59 Å². The molecule has 0 radical (unpaired) electrons. The van der Waals surface area contributed by atoms with Gasteiger partial charge in [0.25, 0.3) is 11.8 Å². The molecule has 6 N–H and O–H groups in total. The van der Waals surface area contributed by atoms with Gasteiger partial charge < -0.3 is 31.1 Å². The van der Waals surface area contributed by atoms with Crippen LogP contribution in [0.1, 0.15) is 214 Å². The molecule has 4 atom stereocenters. The van der Waals surface area contributed by atoms with Gasteiger partial charge in [-0.3, -0.25) is 9.59 Å². The largest absolute Gasteiger partial charge is 0.508 e. The molecule has 0 heterocycles. The van der Waals surface area contributed by atoms with Gasteiger partial charge in [-0.15, -0.1) is 38.5 Å². The highest BCUT2D eigenvalue weighted by atomic mass is 16.3. The third-order valence-electron chi connectivity index (χ3n) is 24.7. The Kier molecular flexibility index (Phi) is 14.4. The second-order valence-corrected chi connectivity index (χ2v) is 32.3. The highest BCUT2D eigenvalue weighted by Gasteiger charge is 2.63. The van der Waals surface area contributed by atoms with Crippen molar-refractivity contribution in [3.63, 3.8) is 0 Å². The van der Waals surface area contributed by atoms with E-state index in [9.17, 15) is 20.4 Å². The molecular formula is C91H80N2O6. The zero-order chi connectivity index (χ0) is 70.0. The highest BCUT2D eigenvalue weighted by Crippen LogP contribution is 2.73. The molecule has 8 heteroatoms. The number of phenolic OH excluding ortho intramolecular Hbond substituents is 4. The number of carbonyl (C=O) groups excluding carboxylic acids is 2. The molecule has 0 aliphatic heterocycles. The van der Waals surface area contributed by atoms with Crippen LogP contribution < -0.4 is 10.6 Å². The van der Waals surface area contributed by atoms with Crippen molar-refractivity contribution in [2.24, 2.45) is 33.5 Å². The van der Waals surface area contributed by atoms with Crippen LogP contribution in [0.25, 0.3) is 33.4 Å². The maximum Gasteiger partial charge on any atom is 0.255 e. The van der Waals surface area contributed by atoms with E-state index in [2.05, 4.69) is 110 Å². The number of amides is 2. The summed E-state index contributed by atoms with van der Waals surface area (Å²) in [6.07, 6.45) is 51.8. The average molecular weight is 1300 g/mol. The van der Waals surface area contributed by atoms with Gasteiger partial charge in [-0.1, -0.05) is 124 Å². The number of benzene rings is 8. The lowest BCUT2D eigenvalue weighted by Crippen LogP contribution is -2.56. The van der Waals surface area contributed by atoms with Crippen LogP contribution >= 0.6 is 0 Å². The Hall–Kier alpha value is -10.7. The fourth-order valence-corrected chi connectivity index (χ4v) is 22.7. The molecule has 9 aliphatic rings. The summed E-state index contributed by atoms with van der Waals surface area (Å²) >= 11 is 0. The molecule has 0 aromatic heterocycles. The number of hydrogen-bond acceptors (Lipinski definition) is 6. The molecule has 8 bridgehead atoms. The van der Waals surface area contributed by atoms with Crippen LogP contribution in [0, 0.1) is 135 Å². The van der Waals surface area contributed by atoms with E-state index in [1.54, 1.807) is 74.5 Å². The van der Waals surface area contributed by atoms with E-state index in [-0.39, 0.29) is 122 Å². The number of carbonyl (C=O) groups is 2. The summed E-state index contributed by atoms with van der Waals surface area (Å²) < 4.78 is 0. The number of hydrogen-bond donors (Lipinski definition) is 6. The van der Waals surface area contributed by atoms with Crippen LogP contribution in [0.2, 0.25) is 0 Å². The molecular weight excluding hydrogens is 1220 g/mol. The lowest BCUT2D eigenvalue weighted by Gasteiger charge is -2.65. The van der Waals surface area contributed by atoms with Crippen LogP contribution in [0.5, 0.6) is 23.0 Å². The summed E-state index contributed by atoms with van der Waals surface area (Å²) in [6, 6.07) is 35.0. The first kappa shape index (κ1) is 64.3. The number of phenols is 4. The molecule has 8 aromatic rings. The summed E-state index contributed by atoms with van der Waals surface area (Å²) in [5, 5.41) is 56.8. The standard InChI is InChI=1S/C91H80N2O6/c1-15-55-23-21-25-59(33-55)83(98)92-79-65(19-5)81(96)53(9)63(17-3)77(79)69-37-75(94)51(7)31-71(69)91(72-32-52(8)76(95)38-70(72)78-64(18-4)54(10)82(97)66(20-6)80(78)93-84(99)60-26-22-24-56(16-2)34-60)73-35-61(89-43-57-39-85(11,47-89)45-86(12,40-57)48-89)27-29-67(73)68-30-28-62(36-74(68)91)90-44-58-41-87(13,49-90)46-88(14,42-58)50-90/h1-6,21-38,57-58,94-97H,39-50H2,7-14H3,(H,92,98)(H,93,99). The van der Waals surface area contributed by atoms with E-state index in [0.29, 0.717) is 56.3 Å². The number of fused-ring (bicyclic) bond motifs is 3. The number of aromatic hydroxyl groups is 4. The first-order valence-corrected chi connectivity index (χ1v) is 34.5. The molecule has 0 saturated heterocycles. The van der Waals surface area contributed by atoms with Gasteiger partial charge in [-0.2, -0.15) is 0 Å². The van der Waals surface area contributed by atoms with Crippen LogP contribution in [0.15, 0.2) is 109 Å². The first-order chi connectivity index (χ1) is 47.1. The van der Waals surface area contributed by atoms with Crippen molar-refractivity contribution < 1.29 is 30.0 Å². The third-order valence-corrected chi connectivity index (χ3v) is 24.7. The third kappa shape index (κ3) is 9.58. The van der Waals surface area contributed by atoms with Gasteiger partial charge in [-0.05, 0) is 264 Å². The van der Waals surface area contributed by atoms with Crippen LogP contribution in [-0.4, -0.2) is 32.2 Å².